The van der Waals surface area contributed by atoms with E-state index in [2.05, 4.69) is 15.5 Å². The largest absolute Gasteiger partial charge is 0.308 e. The Balaban J connectivity index is 1.87. The molecule has 0 saturated heterocycles. The number of hydrogen-bond donors (Lipinski definition) is 2. The van der Waals surface area contributed by atoms with Crippen LogP contribution in [0.25, 0.3) is 0 Å². The predicted octanol–water partition coefficient (Wildman–Crippen LogP) is 2.15. The van der Waals surface area contributed by atoms with Crippen molar-refractivity contribution in [3.63, 3.8) is 0 Å². The second-order valence-electron chi connectivity index (χ2n) is 3.75. The number of benzene rings is 1. The van der Waals surface area contributed by atoms with Crippen LogP contribution < -0.4 is 5.32 Å². The maximum Gasteiger partial charge on any atom is 0.123 e. The van der Waals surface area contributed by atoms with Crippen LogP contribution >= 0.6 is 0 Å². The van der Waals surface area contributed by atoms with E-state index in [4.69, 9.17) is 0 Å². The smallest absolute Gasteiger partial charge is 0.123 e. The number of hydrogen-bond acceptors (Lipinski definition) is 2. The first kappa shape index (κ1) is 10.8. The van der Waals surface area contributed by atoms with Crippen LogP contribution in [0.4, 0.5) is 4.39 Å². The van der Waals surface area contributed by atoms with Gasteiger partial charge in [0, 0.05) is 24.3 Å². The van der Waals surface area contributed by atoms with Crippen LogP contribution in [0, 0.1) is 12.7 Å². The number of nitrogens with zero attached hydrogens (tertiary/aromatic N) is 1. The summed E-state index contributed by atoms with van der Waals surface area (Å²) in [6.07, 6.45) is 1.80. The molecule has 3 nitrogen and oxygen atoms in total. The van der Waals surface area contributed by atoms with Gasteiger partial charge in [0.2, 0.25) is 0 Å². The molecule has 0 bridgehead atoms. The molecule has 0 aliphatic carbocycles. The summed E-state index contributed by atoms with van der Waals surface area (Å²) >= 11 is 0. The molecule has 0 saturated carbocycles. The molecule has 0 unspecified atom stereocenters. The molecule has 16 heavy (non-hydrogen) atoms. The number of rotatable bonds is 4. The lowest BCUT2D eigenvalue weighted by Crippen LogP contribution is -2.12. The van der Waals surface area contributed by atoms with Crippen LogP contribution in [0.3, 0.4) is 0 Å². The lowest BCUT2D eigenvalue weighted by molar-refractivity contribution is 0.620. The molecule has 1 aromatic carbocycles. The third-order valence-corrected chi connectivity index (χ3v) is 2.47. The fraction of sp³-hybridized carbons (Fsp3) is 0.250. The van der Waals surface area contributed by atoms with Crippen LogP contribution in [0.5, 0.6) is 0 Å². The third-order valence-electron chi connectivity index (χ3n) is 2.47. The van der Waals surface area contributed by atoms with Crippen LogP contribution in [0.2, 0.25) is 0 Å². The Kier molecular flexibility index (Phi) is 3.31. The highest BCUT2D eigenvalue weighted by molar-refractivity contribution is 5.17. The van der Waals surface area contributed by atoms with E-state index in [1.165, 1.54) is 12.1 Å². The second-order valence-corrected chi connectivity index (χ2v) is 3.75. The molecule has 0 radical (unpaired) electrons. The van der Waals surface area contributed by atoms with Gasteiger partial charge in [0.05, 0.1) is 6.20 Å². The number of nitrogens with one attached hydrogen (secondary N) is 2. The highest BCUT2D eigenvalue weighted by atomic mass is 19.1. The minimum Gasteiger partial charge on any atom is -0.308 e. The van der Waals surface area contributed by atoms with Crippen LogP contribution in [0.15, 0.2) is 30.5 Å². The van der Waals surface area contributed by atoms with Crippen LogP contribution in [-0.4, -0.2) is 10.2 Å². The predicted molar refractivity (Wildman–Crippen MR) is 60.3 cm³/mol. The Labute approximate surface area is 93.7 Å². The minimum atomic E-state index is -0.196. The number of halogens is 1. The summed E-state index contributed by atoms with van der Waals surface area (Å²) in [6, 6.07) is 6.60. The zero-order valence-electron chi connectivity index (χ0n) is 9.13. The van der Waals surface area contributed by atoms with Crippen molar-refractivity contribution in [2.45, 2.75) is 20.0 Å². The summed E-state index contributed by atoms with van der Waals surface area (Å²) in [5.74, 6) is -0.196. The van der Waals surface area contributed by atoms with E-state index in [0.29, 0.717) is 6.54 Å². The normalized spacial score (nSPS) is 10.6. The fourth-order valence-corrected chi connectivity index (χ4v) is 1.54. The Hall–Kier alpha value is -1.68. The van der Waals surface area contributed by atoms with Crippen molar-refractivity contribution < 1.29 is 4.39 Å². The Morgan fingerprint density at radius 2 is 2.25 bits per heavy atom. The SMILES string of the molecule is Cc1[nH]ncc1CNCc1cccc(F)c1. The topological polar surface area (TPSA) is 40.7 Å². The summed E-state index contributed by atoms with van der Waals surface area (Å²) in [5, 5.41) is 10.1. The van der Waals surface area contributed by atoms with Crippen LogP contribution in [-0.2, 0) is 13.1 Å². The van der Waals surface area contributed by atoms with Crippen molar-refractivity contribution in [3.05, 3.63) is 53.1 Å². The van der Waals surface area contributed by atoms with Gasteiger partial charge in [-0.3, -0.25) is 5.10 Å². The van der Waals surface area contributed by atoms with Gasteiger partial charge in [-0.2, -0.15) is 5.10 Å². The monoisotopic (exact) mass is 219 g/mol. The van der Waals surface area contributed by atoms with Gasteiger partial charge in [-0.25, -0.2) is 4.39 Å². The fourth-order valence-electron chi connectivity index (χ4n) is 1.54. The Morgan fingerprint density at radius 3 is 2.94 bits per heavy atom. The third kappa shape index (κ3) is 2.67. The summed E-state index contributed by atoms with van der Waals surface area (Å²) in [6.45, 7) is 3.37. The van der Waals surface area contributed by atoms with Crippen molar-refractivity contribution in [1.82, 2.24) is 15.5 Å². The molecule has 2 rings (SSSR count). The van der Waals surface area contributed by atoms with Gasteiger partial charge in [-0.05, 0) is 24.6 Å². The first-order chi connectivity index (χ1) is 7.75. The molecular formula is C12H14FN3. The van der Waals surface area contributed by atoms with Gasteiger partial charge in [0.1, 0.15) is 5.82 Å². The molecule has 2 aromatic rings. The molecule has 0 aliphatic rings. The van der Waals surface area contributed by atoms with Crippen molar-refractivity contribution >= 4 is 0 Å². The van der Waals surface area contributed by atoms with Gasteiger partial charge >= 0.3 is 0 Å². The highest BCUT2D eigenvalue weighted by Gasteiger charge is 2.00. The van der Waals surface area contributed by atoms with E-state index < -0.39 is 0 Å². The molecule has 1 aromatic heterocycles. The van der Waals surface area contributed by atoms with Crippen molar-refractivity contribution in [3.8, 4) is 0 Å². The second kappa shape index (κ2) is 4.90. The van der Waals surface area contributed by atoms with E-state index in [1.54, 1.807) is 12.3 Å². The van der Waals surface area contributed by atoms with Gasteiger partial charge in [-0.15, -0.1) is 0 Å². The molecular weight excluding hydrogens is 205 g/mol. The van der Waals surface area contributed by atoms with E-state index in [0.717, 1.165) is 23.4 Å². The minimum absolute atomic E-state index is 0.196. The number of aromatic nitrogens is 2. The Morgan fingerprint density at radius 1 is 1.38 bits per heavy atom. The first-order valence-electron chi connectivity index (χ1n) is 5.20. The summed E-state index contributed by atoms with van der Waals surface area (Å²) in [4.78, 5) is 0. The molecule has 0 aliphatic heterocycles. The summed E-state index contributed by atoms with van der Waals surface area (Å²) in [7, 11) is 0. The van der Waals surface area contributed by atoms with Gasteiger partial charge < -0.3 is 5.32 Å². The van der Waals surface area contributed by atoms with Gasteiger partial charge in [0.25, 0.3) is 0 Å². The molecule has 84 valence electrons. The van der Waals surface area contributed by atoms with Gasteiger partial charge in [0.15, 0.2) is 0 Å². The molecule has 4 heteroatoms. The zero-order chi connectivity index (χ0) is 11.4. The average molecular weight is 219 g/mol. The number of H-pyrrole nitrogens is 1. The molecule has 1 heterocycles. The summed E-state index contributed by atoms with van der Waals surface area (Å²) < 4.78 is 12.9. The standard InChI is InChI=1S/C12H14FN3/c1-9-11(8-15-16-9)7-14-6-10-3-2-4-12(13)5-10/h2-5,8,14H,6-7H2,1H3,(H,15,16). The van der Waals surface area contributed by atoms with Crippen molar-refractivity contribution in [1.29, 1.82) is 0 Å². The lowest BCUT2D eigenvalue weighted by Gasteiger charge is -2.04. The van der Waals surface area contributed by atoms with E-state index in [-0.39, 0.29) is 5.82 Å². The maximum atomic E-state index is 12.9. The molecule has 2 N–H and O–H groups in total. The van der Waals surface area contributed by atoms with Gasteiger partial charge in [-0.1, -0.05) is 12.1 Å². The molecule has 0 amide bonds. The zero-order valence-corrected chi connectivity index (χ0v) is 9.13. The quantitative estimate of drug-likeness (QED) is 0.827. The molecule has 0 fully saturated rings. The highest BCUT2D eigenvalue weighted by Crippen LogP contribution is 2.05. The maximum absolute atomic E-state index is 12.9. The van der Waals surface area contributed by atoms with E-state index in [1.807, 2.05) is 13.0 Å². The average Bonchev–Trinajstić information content (AvgIpc) is 2.65. The van der Waals surface area contributed by atoms with Crippen molar-refractivity contribution in [2.75, 3.05) is 0 Å². The van der Waals surface area contributed by atoms with E-state index >= 15 is 0 Å². The number of aromatic amines is 1. The first-order valence-corrected chi connectivity index (χ1v) is 5.20. The summed E-state index contributed by atoms with van der Waals surface area (Å²) in [5.41, 5.74) is 3.14. The van der Waals surface area contributed by atoms with Crippen LogP contribution in [0.1, 0.15) is 16.8 Å². The number of aryl methyl sites for hydroxylation is 1. The molecule has 0 atom stereocenters. The van der Waals surface area contributed by atoms with Crippen molar-refractivity contribution in [2.24, 2.45) is 0 Å². The molecule has 0 spiro atoms. The van der Waals surface area contributed by atoms with E-state index in [9.17, 15) is 4.39 Å². The lowest BCUT2D eigenvalue weighted by atomic mass is 10.2. The Bertz CT molecular complexity index is 465.